The molecular weight excluding hydrogens is 347 g/mol. The molecule has 27 heavy (non-hydrogen) atoms. The Balaban J connectivity index is 2.17. The molecule has 1 N–H and O–H groups in total. The van der Waals surface area contributed by atoms with Gasteiger partial charge in [-0.25, -0.2) is 4.39 Å². The van der Waals surface area contributed by atoms with E-state index in [9.17, 15) is 14.0 Å². The second-order valence-electron chi connectivity index (χ2n) is 6.52. The molecule has 0 aliphatic carbocycles. The van der Waals surface area contributed by atoms with Crippen LogP contribution in [0.25, 0.3) is 0 Å². The summed E-state index contributed by atoms with van der Waals surface area (Å²) in [6.07, 6.45) is 0. The molecule has 0 spiro atoms. The van der Waals surface area contributed by atoms with E-state index in [1.54, 1.807) is 25.1 Å². The molecular formula is C21H25FN2O3. The monoisotopic (exact) mass is 372 g/mol. The lowest BCUT2D eigenvalue weighted by atomic mass is 10.1. The zero-order valence-electron chi connectivity index (χ0n) is 16.1. The van der Waals surface area contributed by atoms with Crippen LogP contribution >= 0.6 is 0 Å². The van der Waals surface area contributed by atoms with Crippen LogP contribution in [0.2, 0.25) is 0 Å². The Labute approximate surface area is 159 Å². The van der Waals surface area contributed by atoms with Crippen LogP contribution in [0.5, 0.6) is 5.75 Å². The normalized spacial score (nSPS) is 11.6. The van der Waals surface area contributed by atoms with E-state index in [-0.39, 0.29) is 19.1 Å². The van der Waals surface area contributed by atoms with Crippen LogP contribution in [0.1, 0.15) is 23.6 Å². The van der Waals surface area contributed by atoms with Crippen molar-refractivity contribution in [1.29, 1.82) is 0 Å². The first-order chi connectivity index (χ1) is 12.8. The van der Waals surface area contributed by atoms with Crippen LogP contribution < -0.4 is 10.1 Å². The molecule has 5 nitrogen and oxygen atoms in total. The lowest BCUT2D eigenvalue weighted by Gasteiger charge is -2.28. The van der Waals surface area contributed by atoms with E-state index in [1.807, 2.05) is 32.0 Å². The summed E-state index contributed by atoms with van der Waals surface area (Å²) in [5.41, 5.74) is 2.40. The number of halogens is 1. The number of rotatable bonds is 7. The van der Waals surface area contributed by atoms with Crippen molar-refractivity contribution in [2.24, 2.45) is 0 Å². The number of ether oxygens (including phenoxy) is 1. The van der Waals surface area contributed by atoms with Crippen molar-refractivity contribution in [3.8, 4) is 5.75 Å². The van der Waals surface area contributed by atoms with Gasteiger partial charge in [0.2, 0.25) is 5.91 Å². The molecule has 0 aliphatic rings. The molecule has 2 aromatic rings. The molecule has 0 aliphatic heterocycles. The summed E-state index contributed by atoms with van der Waals surface area (Å²) in [6, 6.07) is 11.1. The molecule has 0 heterocycles. The van der Waals surface area contributed by atoms with Gasteiger partial charge in [-0.3, -0.25) is 9.59 Å². The summed E-state index contributed by atoms with van der Waals surface area (Å²) in [6.45, 7) is 5.24. The summed E-state index contributed by atoms with van der Waals surface area (Å²) in [4.78, 5) is 26.1. The lowest BCUT2D eigenvalue weighted by molar-refractivity contribution is -0.142. The smallest absolute Gasteiger partial charge is 0.261 e. The summed E-state index contributed by atoms with van der Waals surface area (Å²) in [5.74, 6) is -0.562. The maximum absolute atomic E-state index is 14.0. The summed E-state index contributed by atoms with van der Waals surface area (Å²) >= 11 is 0. The topological polar surface area (TPSA) is 58.6 Å². The predicted molar refractivity (Wildman–Crippen MR) is 102 cm³/mol. The van der Waals surface area contributed by atoms with Crippen LogP contribution in [0, 0.1) is 19.7 Å². The van der Waals surface area contributed by atoms with Crippen molar-refractivity contribution in [2.75, 3.05) is 13.7 Å². The molecule has 0 radical (unpaired) electrons. The Kier molecular flexibility index (Phi) is 6.93. The van der Waals surface area contributed by atoms with E-state index in [0.717, 1.165) is 11.1 Å². The van der Waals surface area contributed by atoms with E-state index in [0.29, 0.717) is 11.3 Å². The van der Waals surface area contributed by atoms with Gasteiger partial charge in [0.15, 0.2) is 6.61 Å². The molecule has 6 heteroatoms. The third-order valence-corrected chi connectivity index (χ3v) is 4.27. The fourth-order valence-electron chi connectivity index (χ4n) is 2.85. The third kappa shape index (κ3) is 5.54. The van der Waals surface area contributed by atoms with Gasteiger partial charge in [-0.05, 0) is 50.1 Å². The molecule has 0 aromatic heterocycles. The zero-order chi connectivity index (χ0) is 20.0. The van der Waals surface area contributed by atoms with Crippen LogP contribution in [0.15, 0.2) is 42.5 Å². The number of benzene rings is 2. The second kappa shape index (κ2) is 9.16. The first kappa shape index (κ1) is 20.4. The Morgan fingerprint density at radius 2 is 1.78 bits per heavy atom. The van der Waals surface area contributed by atoms with E-state index >= 15 is 0 Å². The van der Waals surface area contributed by atoms with Gasteiger partial charge in [0.1, 0.15) is 17.6 Å². The fraction of sp³-hybridized carbons (Fsp3) is 0.333. The van der Waals surface area contributed by atoms with Crippen LogP contribution in [0.4, 0.5) is 4.39 Å². The minimum Gasteiger partial charge on any atom is -0.484 e. The number of aryl methyl sites for hydroxylation is 2. The van der Waals surface area contributed by atoms with Gasteiger partial charge < -0.3 is 15.0 Å². The van der Waals surface area contributed by atoms with E-state index in [2.05, 4.69) is 5.32 Å². The second-order valence-corrected chi connectivity index (χ2v) is 6.52. The maximum atomic E-state index is 14.0. The molecule has 0 saturated carbocycles. The molecule has 0 saturated heterocycles. The number of hydrogen-bond donors (Lipinski definition) is 1. The van der Waals surface area contributed by atoms with Gasteiger partial charge >= 0.3 is 0 Å². The quantitative estimate of drug-likeness (QED) is 0.813. The number of nitrogens with zero attached hydrogens (tertiary/aromatic N) is 1. The molecule has 2 aromatic carbocycles. The minimum absolute atomic E-state index is 0.0176. The van der Waals surface area contributed by atoms with E-state index in [4.69, 9.17) is 4.74 Å². The average molecular weight is 372 g/mol. The van der Waals surface area contributed by atoms with Gasteiger partial charge in [0, 0.05) is 19.2 Å². The highest BCUT2D eigenvalue weighted by Crippen LogP contribution is 2.17. The number of carbonyl (C=O) groups is 2. The number of amides is 2. The Bertz CT molecular complexity index is 803. The first-order valence-corrected chi connectivity index (χ1v) is 8.77. The van der Waals surface area contributed by atoms with Crippen molar-refractivity contribution in [1.82, 2.24) is 10.2 Å². The highest BCUT2D eigenvalue weighted by molar-refractivity contribution is 5.87. The standard InChI is InChI=1S/C21H25FN2O3/c1-14-9-15(2)11-18(10-14)27-13-20(25)24(16(3)21(26)23-4)12-17-7-5-6-8-19(17)22/h5-11,16H,12-13H2,1-4H3,(H,23,26). The van der Waals surface area contributed by atoms with Gasteiger partial charge in [-0.2, -0.15) is 0 Å². The van der Waals surface area contributed by atoms with Crippen LogP contribution in [-0.4, -0.2) is 36.4 Å². The SMILES string of the molecule is CNC(=O)C(C)N(Cc1ccccc1F)C(=O)COc1cc(C)cc(C)c1. The molecule has 0 fully saturated rings. The highest BCUT2D eigenvalue weighted by Gasteiger charge is 2.26. The van der Waals surface area contributed by atoms with Crippen molar-refractivity contribution in [3.63, 3.8) is 0 Å². The molecule has 0 bridgehead atoms. The molecule has 2 amide bonds. The van der Waals surface area contributed by atoms with Gasteiger partial charge in [-0.15, -0.1) is 0 Å². The largest absolute Gasteiger partial charge is 0.484 e. The van der Waals surface area contributed by atoms with Crippen molar-refractivity contribution in [2.45, 2.75) is 33.4 Å². The zero-order valence-corrected chi connectivity index (χ0v) is 16.1. The average Bonchev–Trinajstić information content (AvgIpc) is 2.63. The first-order valence-electron chi connectivity index (χ1n) is 8.77. The Morgan fingerprint density at radius 1 is 1.15 bits per heavy atom. The van der Waals surface area contributed by atoms with Crippen molar-refractivity contribution >= 4 is 11.8 Å². The summed E-state index contributed by atoms with van der Waals surface area (Å²) in [5, 5.41) is 2.52. The predicted octanol–water partition coefficient (Wildman–Crippen LogP) is 2.98. The number of nitrogens with one attached hydrogen (secondary N) is 1. The Hall–Kier alpha value is -2.89. The van der Waals surface area contributed by atoms with Crippen LogP contribution in [0.3, 0.4) is 0 Å². The molecule has 1 unspecified atom stereocenters. The maximum Gasteiger partial charge on any atom is 0.261 e. The van der Waals surface area contributed by atoms with E-state index in [1.165, 1.54) is 18.0 Å². The number of carbonyl (C=O) groups excluding carboxylic acids is 2. The Morgan fingerprint density at radius 3 is 2.37 bits per heavy atom. The number of likely N-dealkylation sites (N-methyl/N-ethyl adjacent to an activating group) is 1. The minimum atomic E-state index is -0.759. The summed E-state index contributed by atoms with van der Waals surface area (Å²) in [7, 11) is 1.50. The summed E-state index contributed by atoms with van der Waals surface area (Å²) < 4.78 is 19.7. The molecule has 2 rings (SSSR count). The number of hydrogen-bond acceptors (Lipinski definition) is 3. The fourth-order valence-corrected chi connectivity index (χ4v) is 2.85. The van der Waals surface area contributed by atoms with Crippen LogP contribution in [-0.2, 0) is 16.1 Å². The molecule has 1 atom stereocenters. The third-order valence-electron chi connectivity index (χ3n) is 4.27. The van der Waals surface area contributed by atoms with Gasteiger partial charge in [0.25, 0.3) is 5.91 Å². The van der Waals surface area contributed by atoms with Gasteiger partial charge in [0.05, 0.1) is 0 Å². The van der Waals surface area contributed by atoms with Gasteiger partial charge in [-0.1, -0.05) is 24.3 Å². The molecule has 144 valence electrons. The van der Waals surface area contributed by atoms with Crippen molar-refractivity contribution in [3.05, 3.63) is 65.0 Å². The lowest BCUT2D eigenvalue weighted by Crippen LogP contribution is -2.48. The highest BCUT2D eigenvalue weighted by atomic mass is 19.1. The van der Waals surface area contributed by atoms with E-state index < -0.39 is 17.8 Å². The van der Waals surface area contributed by atoms with Crippen molar-refractivity contribution < 1.29 is 18.7 Å².